The van der Waals surface area contributed by atoms with Crippen molar-refractivity contribution in [1.82, 2.24) is 9.97 Å². The number of hydrogen-bond donors (Lipinski definition) is 1. The summed E-state index contributed by atoms with van der Waals surface area (Å²) >= 11 is 0. The van der Waals surface area contributed by atoms with Crippen molar-refractivity contribution in [2.45, 2.75) is 0 Å². The summed E-state index contributed by atoms with van der Waals surface area (Å²) < 4.78 is 0. The molecule has 0 saturated carbocycles. The van der Waals surface area contributed by atoms with Gasteiger partial charge in [0.1, 0.15) is 0 Å². The average molecular weight is 200 g/mol. The Morgan fingerprint density at radius 2 is 1.93 bits per heavy atom. The van der Waals surface area contributed by atoms with Gasteiger partial charge in [0.15, 0.2) is 6.29 Å². The molecule has 0 unspecified atom stereocenters. The first-order chi connectivity index (χ1) is 7.31. The van der Waals surface area contributed by atoms with Gasteiger partial charge in [-0.25, -0.2) is 0 Å². The minimum absolute atomic E-state index is 0.129. The molecule has 4 heteroatoms. The smallest absolute Gasteiger partial charge is 0.258 e. The first-order valence-corrected chi connectivity index (χ1v) is 4.39. The van der Waals surface area contributed by atoms with Crippen LogP contribution in [0, 0.1) is 0 Å². The van der Waals surface area contributed by atoms with E-state index in [1.165, 1.54) is 0 Å². The van der Waals surface area contributed by atoms with Crippen molar-refractivity contribution in [1.29, 1.82) is 0 Å². The van der Waals surface area contributed by atoms with Gasteiger partial charge in [-0.15, -0.1) is 0 Å². The Bertz CT molecular complexity index is 532. The number of pyridine rings is 2. The van der Waals surface area contributed by atoms with E-state index in [1.54, 1.807) is 24.7 Å². The molecule has 0 radical (unpaired) electrons. The summed E-state index contributed by atoms with van der Waals surface area (Å²) in [5.41, 5.74) is 1.45. The van der Waals surface area contributed by atoms with Crippen molar-refractivity contribution >= 4 is 6.29 Å². The van der Waals surface area contributed by atoms with Gasteiger partial charge >= 0.3 is 0 Å². The van der Waals surface area contributed by atoms with E-state index in [1.807, 2.05) is 12.1 Å². The molecule has 0 spiro atoms. The monoisotopic (exact) mass is 200 g/mol. The number of aldehydes is 1. The van der Waals surface area contributed by atoms with Gasteiger partial charge in [0, 0.05) is 18.6 Å². The number of H-pyrrole nitrogens is 1. The SMILES string of the molecule is O=Cc1cc(-c2ccncc2)c[nH]c1=O. The molecule has 2 rings (SSSR count). The second kappa shape index (κ2) is 3.88. The van der Waals surface area contributed by atoms with Gasteiger partial charge in [0.2, 0.25) is 0 Å². The Labute approximate surface area is 85.6 Å². The highest BCUT2D eigenvalue weighted by atomic mass is 16.1. The van der Waals surface area contributed by atoms with Crippen LogP contribution in [0.25, 0.3) is 11.1 Å². The first-order valence-electron chi connectivity index (χ1n) is 4.39. The van der Waals surface area contributed by atoms with Crippen LogP contribution in [-0.4, -0.2) is 16.3 Å². The molecular formula is C11H8N2O2. The molecule has 0 saturated heterocycles. The number of nitrogens with one attached hydrogen (secondary N) is 1. The lowest BCUT2D eigenvalue weighted by Crippen LogP contribution is -2.10. The summed E-state index contributed by atoms with van der Waals surface area (Å²) in [6, 6.07) is 5.17. The zero-order valence-corrected chi connectivity index (χ0v) is 7.81. The quantitative estimate of drug-likeness (QED) is 0.742. The number of aromatic amines is 1. The van der Waals surface area contributed by atoms with Gasteiger partial charge in [-0.2, -0.15) is 0 Å². The second-order valence-corrected chi connectivity index (χ2v) is 3.03. The molecule has 1 N–H and O–H groups in total. The minimum Gasteiger partial charge on any atom is -0.328 e. The molecule has 0 aromatic carbocycles. The number of rotatable bonds is 2. The van der Waals surface area contributed by atoms with Crippen LogP contribution < -0.4 is 5.56 Å². The van der Waals surface area contributed by atoms with Crippen molar-refractivity contribution in [2.24, 2.45) is 0 Å². The normalized spacial score (nSPS) is 9.87. The Balaban J connectivity index is 2.56. The van der Waals surface area contributed by atoms with Crippen molar-refractivity contribution in [2.75, 3.05) is 0 Å². The molecule has 15 heavy (non-hydrogen) atoms. The van der Waals surface area contributed by atoms with E-state index in [9.17, 15) is 9.59 Å². The third-order valence-electron chi connectivity index (χ3n) is 2.07. The van der Waals surface area contributed by atoms with Gasteiger partial charge < -0.3 is 4.98 Å². The van der Waals surface area contributed by atoms with Gasteiger partial charge in [-0.05, 0) is 29.3 Å². The van der Waals surface area contributed by atoms with Crippen LogP contribution in [0.15, 0.2) is 41.6 Å². The second-order valence-electron chi connectivity index (χ2n) is 3.03. The van der Waals surface area contributed by atoms with Crippen LogP contribution in [0.3, 0.4) is 0 Å². The van der Waals surface area contributed by atoms with Crippen LogP contribution in [0.1, 0.15) is 10.4 Å². The third-order valence-corrected chi connectivity index (χ3v) is 2.07. The highest BCUT2D eigenvalue weighted by Crippen LogP contribution is 2.15. The summed E-state index contributed by atoms with van der Waals surface area (Å²) in [6.07, 6.45) is 5.43. The largest absolute Gasteiger partial charge is 0.328 e. The van der Waals surface area contributed by atoms with Crippen LogP contribution in [0.4, 0.5) is 0 Å². The fraction of sp³-hybridized carbons (Fsp3) is 0. The summed E-state index contributed by atoms with van der Waals surface area (Å²) in [7, 11) is 0. The fourth-order valence-corrected chi connectivity index (χ4v) is 1.30. The zero-order valence-electron chi connectivity index (χ0n) is 7.81. The van der Waals surface area contributed by atoms with E-state index in [0.717, 1.165) is 11.1 Å². The van der Waals surface area contributed by atoms with Crippen LogP contribution in [-0.2, 0) is 0 Å². The molecule has 0 amide bonds. The standard InChI is InChI=1S/C11H8N2O2/c14-7-10-5-9(6-13-11(10)15)8-1-3-12-4-2-8/h1-7H,(H,13,15). The van der Waals surface area contributed by atoms with E-state index in [4.69, 9.17) is 0 Å². The van der Waals surface area contributed by atoms with Crippen molar-refractivity contribution in [3.05, 3.63) is 52.7 Å². The predicted octanol–water partition coefficient (Wildman–Crippen LogP) is 1.25. The van der Waals surface area contributed by atoms with E-state index >= 15 is 0 Å². The highest BCUT2D eigenvalue weighted by Gasteiger charge is 2.01. The lowest BCUT2D eigenvalue weighted by molar-refractivity contribution is 0.112. The Kier molecular flexibility index (Phi) is 2.41. The predicted molar refractivity (Wildman–Crippen MR) is 55.7 cm³/mol. The van der Waals surface area contributed by atoms with Crippen molar-refractivity contribution < 1.29 is 4.79 Å². The number of aromatic nitrogens is 2. The maximum atomic E-state index is 11.1. The lowest BCUT2D eigenvalue weighted by Gasteiger charge is -2.00. The molecule has 2 aromatic heterocycles. The minimum atomic E-state index is -0.372. The molecular weight excluding hydrogens is 192 g/mol. The van der Waals surface area contributed by atoms with E-state index in [-0.39, 0.29) is 11.1 Å². The molecule has 0 aliphatic heterocycles. The number of hydrogen-bond acceptors (Lipinski definition) is 3. The highest BCUT2D eigenvalue weighted by molar-refractivity contribution is 5.77. The van der Waals surface area contributed by atoms with Crippen LogP contribution >= 0.6 is 0 Å². The number of carbonyl (C=O) groups excluding carboxylic acids is 1. The first kappa shape index (κ1) is 9.33. The van der Waals surface area contributed by atoms with E-state index in [2.05, 4.69) is 9.97 Å². The molecule has 0 fully saturated rings. The maximum Gasteiger partial charge on any atom is 0.258 e. The number of nitrogens with zero attached hydrogens (tertiary/aromatic N) is 1. The van der Waals surface area contributed by atoms with Crippen LogP contribution in [0.5, 0.6) is 0 Å². The average Bonchev–Trinajstić information content (AvgIpc) is 2.31. The van der Waals surface area contributed by atoms with Gasteiger partial charge in [-0.1, -0.05) is 0 Å². The van der Waals surface area contributed by atoms with E-state index in [0.29, 0.717) is 6.29 Å². The molecule has 4 nitrogen and oxygen atoms in total. The molecule has 2 heterocycles. The summed E-state index contributed by atoms with van der Waals surface area (Å²) in [6.45, 7) is 0. The molecule has 0 aliphatic carbocycles. The third kappa shape index (κ3) is 1.83. The lowest BCUT2D eigenvalue weighted by atomic mass is 10.1. The van der Waals surface area contributed by atoms with Crippen molar-refractivity contribution in [3.8, 4) is 11.1 Å². The van der Waals surface area contributed by atoms with Gasteiger partial charge in [-0.3, -0.25) is 14.6 Å². The zero-order chi connectivity index (χ0) is 10.7. The fourth-order valence-electron chi connectivity index (χ4n) is 1.30. The molecule has 0 aliphatic rings. The summed E-state index contributed by atoms with van der Waals surface area (Å²) in [4.78, 5) is 28.1. The molecule has 74 valence electrons. The van der Waals surface area contributed by atoms with Crippen LogP contribution in [0.2, 0.25) is 0 Å². The maximum absolute atomic E-state index is 11.1. The van der Waals surface area contributed by atoms with Gasteiger partial charge in [0.05, 0.1) is 5.56 Å². The Morgan fingerprint density at radius 1 is 1.20 bits per heavy atom. The van der Waals surface area contributed by atoms with Crippen molar-refractivity contribution in [3.63, 3.8) is 0 Å². The molecule has 0 atom stereocenters. The topological polar surface area (TPSA) is 62.8 Å². The number of carbonyl (C=O) groups is 1. The summed E-state index contributed by atoms with van der Waals surface area (Å²) in [5.74, 6) is 0. The van der Waals surface area contributed by atoms with E-state index < -0.39 is 0 Å². The Hall–Kier alpha value is -2.23. The summed E-state index contributed by atoms with van der Waals surface area (Å²) in [5, 5.41) is 0. The van der Waals surface area contributed by atoms with Gasteiger partial charge in [0.25, 0.3) is 5.56 Å². The molecule has 2 aromatic rings. The Morgan fingerprint density at radius 3 is 2.60 bits per heavy atom. The molecule has 0 bridgehead atoms.